The van der Waals surface area contributed by atoms with Gasteiger partial charge in [-0.25, -0.2) is 4.98 Å². The molecule has 3 aromatic rings. The van der Waals surface area contributed by atoms with Gasteiger partial charge in [-0.15, -0.1) is 0 Å². The summed E-state index contributed by atoms with van der Waals surface area (Å²) in [6.45, 7) is 2.42. The Balaban J connectivity index is 1.78. The predicted octanol–water partition coefficient (Wildman–Crippen LogP) is 3.52. The molecule has 0 aliphatic carbocycles. The first-order valence-corrected chi connectivity index (χ1v) is 9.69. The fraction of sp³-hybridized carbons (Fsp3) is 0.318. The van der Waals surface area contributed by atoms with Crippen LogP contribution in [0.5, 0.6) is 5.75 Å². The number of hydrogen-bond acceptors (Lipinski definition) is 7. The lowest BCUT2D eigenvalue weighted by Gasteiger charge is -2.13. The minimum atomic E-state index is 0.604. The lowest BCUT2D eigenvalue weighted by Crippen LogP contribution is -2.17. The van der Waals surface area contributed by atoms with Gasteiger partial charge in [-0.1, -0.05) is 18.2 Å². The van der Waals surface area contributed by atoms with Gasteiger partial charge in [0.1, 0.15) is 11.6 Å². The highest BCUT2D eigenvalue weighted by molar-refractivity contribution is 5.63. The smallest absolute Gasteiger partial charge is 0.225 e. The summed E-state index contributed by atoms with van der Waals surface area (Å²) in [4.78, 5) is 15.7. The molecule has 0 aliphatic heterocycles. The van der Waals surface area contributed by atoms with Crippen molar-refractivity contribution >= 4 is 11.8 Å². The molecule has 0 unspecified atom stereocenters. The molecule has 2 N–H and O–H groups in total. The third-order valence-electron chi connectivity index (χ3n) is 4.40. The number of hydrogen-bond donors (Lipinski definition) is 2. The number of pyridine rings is 1. The minimum Gasteiger partial charge on any atom is -0.496 e. The third kappa shape index (κ3) is 6.15. The fourth-order valence-electron chi connectivity index (χ4n) is 2.91. The van der Waals surface area contributed by atoms with Crippen LogP contribution < -0.4 is 15.4 Å². The van der Waals surface area contributed by atoms with E-state index in [0.717, 1.165) is 47.9 Å². The monoisotopic (exact) mass is 392 g/mol. The lowest BCUT2D eigenvalue weighted by molar-refractivity contribution is 0.405. The molecular weight excluding hydrogens is 364 g/mol. The molecule has 152 valence electrons. The van der Waals surface area contributed by atoms with Crippen molar-refractivity contribution in [2.24, 2.45) is 0 Å². The van der Waals surface area contributed by atoms with E-state index < -0.39 is 0 Å². The number of ether oxygens (including phenoxy) is 1. The van der Waals surface area contributed by atoms with Gasteiger partial charge in [0, 0.05) is 42.7 Å². The summed E-state index contributed by atoms with van der Waals surface area (Å²) in [5, 5.41) is 6.73. The van der Waals surface area contributed by atoms with Gasteiger partial charge < -0.3 is 20.3 Å². The van der Waals surface area contributed by atoms with Crippen LogP contribution in [0.25, 0.3) is 11.3 Å². The molecule has 2 heterocycles. The van der Waals surface area contributed by atoms with Crippen LogP contribution in [-0.4, -0.2) is 54.1 Å². The largest absolute Gasteiger partial charge is 0.496 e. The van der Waals surface area contributed by atoms with E-state index in [0.29, 0.717) is 12.5 Å². The van der Waals surface area contributed by atoms with Gasteiger partial charge in [0.15, 0.2) is 0 Å². The summed E-state index contributed by atoms with van der Waals surface area (Å²) in [5.41, 5.74) is 2.84. The number of methoxy groups -OCH3 is 1. The number of nitrogens with one attached hydrogen (secondary N) is 2. The zero-order valence-electron chi connectivity index (χ0n) is 17.2. The molecule has 0 amide bonds. The molecule has 0 bridgehead atoms. The highest BCUT2D eigenvalue weighted by Crippen LogP contribution is 2.23. The average molecular weight is 393 g/mol. The third-order valence-corrected chi connectivity index (χ3v) is 4.40. The second-order valence-corrected chi connectivity index (χ2v) is 6.95. The van der Waals surface area contributed by atoms with Crippen LogP contribution in [-0.2, 0) is 6.54 Å². The van der Waals surface area contributed by atoms with Crippen molar-refractivity contribution in [1.29, 1.82) is 0 Å². The van der Waals surface area contributed by atoms with Gasteiger partial charge in [0.25, 0.3) is 0 Å². The molecule has 0 aliphatic rings. The van der Waals surface area contributed by atoms with E-state index in [2.05, 4.69) is 44.6 Å². The van der Waals surface area contributed by atoms with E-state index in [9.17, 15) is 0 Å². The summed E-state index contributed by atoms with van der Waals surface area (Å²) in [7, 11) is 5.82. The highest BCUT2D eigenvalue weighted by Gasteiger charge is 2.08. The van der Waals surface area contributed by atoms with Crippen molar-refractivity contribution in [3.05, 3.63) is 60.4 Å². The van der Waals surface area contributed by atoms with Gasteiger partial charge >= 0.3 is 0 Å². The normalized spacial score (nSPS) is 10.8. The Hall–Kier alpha value is -3.19. The highest BCUT2D eigenvalue weighted by atomic mass is 16.5. The molecule has 7 heteroatoms. The Labute approximate surface area is 172 Å². The summed E-state index contributed by atoms with van der Waals surface area (Å²) in [6.07, 6.45) is 4.57. The zero-order valence-corrected chi connectivity index (χ0v) is 17.2. The Morgan fingerprint density at radius 3 is 2.66 bits per heavy atom. The first-order chi connectivity index (χ1) is 14.2. The minimum absolute atomic E-state index is 0.604. The van der Waals surface area contributed by atoms with Crippen LogP contribution in [0.15, 0.2) is 54.9 Å². The van der Waals surface area contributed by atoms with Crippen LogP contribution >= 0.6 is 0 Å². The van der Waals surface area contributed by atoms with E-state index in [1.165, 1.54) is 0 Å². The molecule has 0 atom stereocenters. The van der Waals surface area contributed by atoms with Crippen LogP contribution in [0, 0.1) is 0 Å². The molecule has 2 aromatic heterocycles. The van der Waals surface area contributed by atoms with Crippen LogP contribution in [0.4, 0.5) is 11.8 Å². The molecule has 3 rings (SSSR count). The summed E-state index contributed by atoms with van der Waals surface area (Å²) in [6, 6.07) is 13.8. The number of rotatable bonds is 10. The summed E-state index contributed by atoms with van der Waals surface area (Å²) < 4.78 is 5.44. The molecule has 0 saturated carbocycles. The quantitative estimate of drug-likeness (QED) is 0.511. The zero-order chi connectivity index (χ0) is 20.5. The van der Waals surface area contributed by atoms with E-state index in [1.54, 1.807) is 13.3 Å². The van der Waals surface area contributed by atoms with Crippen molar-refractivity contribution in [3.8, 4) is 17.0 Å². The van der Waals surface area contributed by atoms with Crippen molar-refractivity contribution < 1.29 is 4.74 Å². The maximum atomic E-state index is 5.44. The number of nitrogens with zero attached hydrogens (tertiary/aromatic N) is 4. The predicted molar refractivity (Wildman–Crippen MR) is 117 cm³/mol. The van der Waals surface area contributed by atoms with Gasteiger partial charge in [-0.2, -0.15) is 4.98 Å². The Morgan fingerprint density at radius 1 is 1.03 bits per heavy atom. The molecule has 0 fully saturated rings. The second-order valence-electron chi connectivity index (χ2n) is 6.95. The van der Waals surface area contributed by atoms with Gasteiger partial charge in [-0.3, -0.25) is 4.98 Å². The van der Waals surface area contributed by atoms with Crippen LogP contribution in [0.1, 0.15) is 12.0 Å². The number of aromatic nitrogens is 3. The van der Waals surface area contributed by atoms with Gasteiger partial charge in [0.2, 0.25) is 5.95 Å². The van der Waals surface area contributed by atoms with Crippen molar-refractivity contribution in [2.45, 2.75) is 13.0 Å². The molecule has 7 nitrogen and oxygen atoms in total. The van der Waals surface area contributed by atoms with Crippen molar-refractivity contribution in [3.63, 3.8) is 0 Å². The SMILES string of the molecule is COc1ccccc1CNc1cc(-c2cccnc2)nc(NCCCN(C)C)n1. The second kappa shape index (κ2) is 10.4. The maximum absolute atomic E-state index is 5.44. The van der Waals surface area contributed by atoms with E-state index in [1.807, 2.05) is 48.7 Å². The van der Waals surface area contributed by atoms with E-state index in [-0.39, 0.29) is 0 Å². The van der Waals surface area contributed by atoms with Crippen molar-refractivity contribution in [2.75, 3.05) is 44.9 Å². The molecule has 0 radical (unpaired) electrons. The Morgan fingerprint density at radius 2 is 1.90 bits per heavy atom. The van der Waals surface area contributed by atoms with Crippen LogP contribution in [0.2, 0.25) is 0 Å². The topological polar surface area (TPSA) is 75.2 Å². The van der Waals surface area contributed by atoms with Crippen LogP contribution in [0.3, 0.4) is 0 Å². The average Bonchev–Trinajstić information content (AvgIpc) is 2.76. The van der Waals surface area contributed by atoms with Gasteiger partial charge in [-0.05, 0) is 45.3 Å². The summed E-state index contributed by atoms with van der Waals surface area (Å²) in [5.74, 6) is 2.20. The number of benzene rings is 1. The fourth-order valence-corrected chi connectivity index (χ4v) is 2.91. The van der Waals surface area contributed by atoms with Gasteiger partial charge in [0.05, 0.1) is 12.8 Å². The van der Waals surface area contributed by atoms with E-state index >= 15 is 0 Å². The molecule has 0 spiro atoms. The Bertz CT molecular complexity index is 901. The maximum Gasteiger partial charge on any atom is 0.225 e. The number of anilines is 2. The standard InChI is InChI=1S/C22H28N6O/c1-28(2)13-7-12-24-22-26-19(17-9-6-11-23-15-17)14-21(27-22)25-16-18-8-4-5-10-20(18)29-3/h4-6,8-11,14-15H,7,12-13,16H2,1-3H3,(H2,24,25,26,27). The summed E-state index contributed by atoms with van der Waals surface area (Å²) >= 11 is 0. The first kappa shape index (κ1) is 20.5. The molecular formula is C22H28N6O. The van der Waals surface area contributed by atoms with Crippen molar-refractivity contribution in [1.82, 2.24) is 19.9 Å². The molecule has 0 saturated heterocycles. The van der Waals surface area contributed by atoms with E-state index in [4.69, 9.17) is 4.74 Å². The molecule has 29 heavy (non-hydrogen) atoms. The Kier molecular flexibility index (Phi) is 7.35. The molecule has 1 aromatic carbocycles. The first-order valence-electron chi connectivity index (χ1n) is 9.69. The lowest BCUT2D eigenvalue weighted by atomic mass is 10.2. The number of para-hydroxylation sites is 1.